The molecule has 0 bridgehead atoms. The van der Waals surface area contributed by atoms with E-state index in [0.29, 0.717) is 37.6 Å². The lowest BCUT2D eigenvalue weighted by molar-refractivity contribution is -0.121. The lowest BCUT2D eigenvalue weighted by Gasteiger charge is -2.25. The standard InChI is InChI=1S/C29H30N4O4/c1-35-25-8-10-27-22(14-25)13-23(19-37-27)29(34)33-26-9-7-21(24-17-31-32-18-24)15-28(26)36-12-11-30-16-20-5-3-2-4-6-20/h2-10,14-15,17-18,23,30H,11-13,16,19H2,1H3,(H,31,32)(H,33,34). The first-order valence-electron chi connectivity index (χ1n) is 12.3. The number of aromatic nitrogens is 2. The molecule has 1 aliphatic rings. The summed E-state index contributed by atoms with van der Waals surface area (Å²) in [6.07, 6.45) is 4.15. The molecule has 1 aliphatic heterocycles. The van der Waals surface area contributed by atoms with Crippen LogP contribution in [0.3, 0.4) is 0 Å². The van der Waals surface area contributed by atoms with Crippen molar-refractivity contribution < 1.29 is 19.0 Å². The number of hydrogen-bond acceptors (Lipinski definition) is 6. The van der Waals surface area contributed by atoms with Crippen molar-refractivity contribution >= 4 is 11.6 Å². The number of nitrogens with one attached hydrogen (secondary N) is 3. The van der Waals surface area contributed by atoms with Crippen molar-refractivity contribution in [3.05, 3.63) is 90.3 Å². The number of carbonyl (C=O) groups is 1. The molecule has 2 heterocycles. The number of fused-ring (bicyclic) bond motifs is 1. The lowest BCUT2D eigenvalue weighted by Crippen LogP contribution is -2.32. The molecule has 0 spiro atoms. The van der Waals surface area contributed by atoms with E-state index in [9.17, 15) is 4.79 Å². The highest BCUT2D eigenvalue weighted by atomic mass is 16.5. The molecule has 1 unspecified atom stereocenters. The molecule has 37 heavy (non-hydrogen) atoms. The average Bonchev–Trinajstić information content (AvgIpc) is 3.49. The van der Waals surface area contributed by atoms with E-state index < -0.39 is 0 Å². The first-order chi connectivity index (χ1) is 18.2. The Hall–Kier alpha value is -4.30. The number of nitrogens with zero attached hydrogens (tertiary/aromatic N) is 1. The topological polar surface area (TPSA) is 97.5 Å². The molecule has 0 saturated carbocycles. The van der Waals surface area contributed by atoms with Gasteiger partial charge in [0.15, 0.2) is 0 Å². The monoisotopic (exact) mass is 498 g/mol. The number of ether oxygens (including phenoxy) is 3. The summed E-state index contributed by atoms with van der Waals surface area (Å²) in [5.41, 5.74) is 4.68. The maximum Gasteiger partial charge on any atom is 0.231 e. The van der Waals surface area contributed by atoms with E-state index in [4.69, 9.17) is 14.2 Å². The summed E-state index contributed by atoms with van der Waals surface area (Å²) in [5, 5.41) is 13.3. The normalized spacial score (nSPS) is 14.4. The molecule has 1 amide bonds. The van der Waals surface area contributed by atoms with E-state index >= 15 is 0 Å². The van der Waals surface area contributed by atoms with Crippen molar-refractivity contribution in [2.75, 3.05) is 32.2 Å². The van der Waals surface area contributed by atoms with Crippen LogP contribution in [-0.2, 0) is 17.8 Å². The van der Waals surface area contributed by atoms with Crippen molar-refractivity contribution in [2.45, 2.75) is 13.0 Å². The highest BCUT2D eigenvalue weighted by Gasteiger charge is 2.27. The molecular formula is C29H30N4O4. The summed E-state index contributed by atoms with van der Waals surface area (Å²) >= 11 is 0. The van der Waals surface area contributed by atoms with Crippen molar-refractivity contribution in [3.8, 4) is 28.4 Å². The highest BCUT2D eigenvalue weighted by molar-refractivity contribution is 5.95. The predicted octanol–water partition coefficient (Wildman–Crippen LogP) is 4.44. The van der Waals surface area contributed by atoms with E-state index in [2.05, 4.69) is 33.0 Å². The summed E-state index contributed by atoms with van der Waals surface area (Å²) in [6, 6.07) is 21.6. The van der Waals surface area contributed by atoms with E-state index in [1.165, 1.54) is 5.56 Å². The van der Waals surface area contributed by atoms with Crippen LogP contribution in [0.15, 0.2) is 79.1 Å². The highest BCUT2D eigenvalue weighted by Crippen LogP contribution is 2.33. The minimum Gasteiger partial charge on any atom is -0.497 e. The molecule has 4 aromatic rings. The zero-order valence-corrected chi connectivity index (χ0v) is 20.7. The molecule has 0 aliphatic carbocycles. The fourth-order valence-electron chi connectivity index (χ4n) is 4.30. The quantitative estimate of drug-likeness (QED) is 0.280. The van der Waals surface area contributed by atoms with Gasteiger partial charge in [-0.25, -0.2) is 0 Å². The van der Waals surface area contributed by atoms with E-state index in [1.54, 1.807) is 13.3 Å². The minimum atomic E-state index is -0.325. The van der Waals surface area contributed by atoms with Gasteiger partial charge in [0.2, 0.25) is 5.91 Å². The van der Waals surface area contributed by atoms with Crippen LogP contribution >= 0.6 is 0 Å². The zero-order valence-electron chi connectivity index (χ0n) is 20.7. The van der Waals surface area contributed by atoms with Crippen LogP contribution in [0.1, 0.15) is 11.1 Å². The number of carbonyl (C=O) groups excluding carboxylic acids is 1. The summed E-state index contributed by atoms with van der Waals surface area (Å²) in [5.74, 6) is 1.70. The lowest BCUT2D eigenvalue weighted by atomic mass is 9.95. The van der Waals surface area contributed by atoms with Crippen LogP contribution in [0.4, 0.5) is 5.69 Å². The molecule has 0 radical (unpaired) electrons. The van der Waals surface area contributed by atoms with Crippen molar-refractivity contribution in [2.24, 2.45) is 5.92 Å². The summed E-state index contributed by atoms with van der Waals surface area (Å²) in [6.45, 7) is 2.19. The van der Waals surface area contributed by atoms with Crippen LogP contribution in [0.5, 0.6) is 17.2 Å². The van der Waals surface area contributed by atoms with Crippen LogP contribution in [-0.4, -0.2) is 43.0 Å². The van der Waals surface area contributed by atoms with E-state index in [0.717, 1.165) is 34.7 Å². The Morgan fingerprint density at radius 2 is 2.00 bits per heavy atom. The Morgan fingerprint density at radius 1 is 1.11 bits per heavy atom. The van der Waals surface area contributed by atoms with Gasteiger partial charge in [0.25, 0.3) is 0 Å². The first kappa shape index (κ1) is 24.4. The molecule has 190 valence electrons. The minimum absolute atomic E-state index is 0.114. The third kappa shape index (κ3) is 6.10. The maximum atomic E-state index is 13.2. The Balaban J connectivity index is 1.25. The van der Waals surface area contributed by atoms with Crippen molar-refractivity contribution in [1.29, 1.82) is 0 Å². The third-order valence-corrected chi connectivity index (χ3v) is 6.32. The van der Waals surface area contributed by atoms with Gasteiger partial charge in [0.05, 0.1) is 24.9 Å². The average molecular weight is 499 g/mol. The number of anilines is 1. The van der Waals surface area contributed by atoms with Gasteiger partial charge < -0.3 is 24.8 Å². The van der Waals surface area contributed by atoms with Gasteiger partial charge in [-0.2, -0.15) is 5.10 Å². The number of H-pyrrole nitrogens is 1. The molecule has 3 N–H and O–H groups in total. The molecule has 0 fully saturated rings. The largest absolute Gasteiger partial charge is 0.497 e. The zero-order chi connectivity index (χ0) is 25.5. The van der Waals surface area contributed by atoms with Gasteiger partial charge in [-0.15, -0.1) is 0 Å². The number of benzene rings is 3. The van der Waals surface area contributed by atoms with Gasteiger partial charge in [-0.1, -0.05) is 36.4 Å². The second-order valence-electron chi connectivity index (χ2n) is 8.88. The van der Waals surface area contributed by atoms with Crippen LogP contribution in [0.25, 0.3) is 11.1 Å². The molecule has 8 heteroatoms. The molecular weight excluding hydrogens is 468 g/mol. The van der Waals surface area contributed by atoms with E-state index in [-0.39, 0.29) is 11.8 Å². The second kappa shape index (κ2) is 11.6. The van der Waals surface area contributed by atoms with E-state index in [1.807, 2.05) is 60.8 Å². The van der Waals surface area contributed by atoms with Gasteiger partial charge in [0, 0.05) is 24.8 Å². The number of aromatic amines is 1. The fraction of sp³-hybridized carbons (Fsp3) is 0.241. The smallest absolute Gasteiger partial charge is 0.231 e. The Morgan fingerprint density at radius 3 is 2.81 bits per heavy atom. The first-order valence-corrected chi connectivity index (χ1v) is 12.3. The molecule has 0 saturated heterocycles. The molecule has 3 aromatic carbocycles. The summed E-state index contributed by atoms with van der Waals surface area (Å²) < 4.78 is 17.3. The third-order valence-electron chi connectivity index (χ3n) is 6.32. The van der Waals surface area contributed by atoms with Crippen LogP contribution < -0.4 is 24.8 Å². The number of methoxy groups -OCH3 is 1. The van der Waals surface area contributed by atoms with Gasteiger partial charge in [0.1, 0.15) is 30.5 Å². The van der Waals surface area contributed by atoms with Crippen LogP contribution in [0.2, 0.25) is 0 Å². The number of hydrogen-bond donors (Lipinski definition) is 3. The molecule has 1 atom stereocenters. The number of amides is 1. The molecule has 5 rings (SSSR count). The van der Waals surface area contributed by atoms with Crippen molar-refractivity contribution in [3.63, 3.8) is 0 Å². The van der Waals surface area contributed by atoms with Gasteiger partial charge >= 0.3 is 0 Å². The molecule has 8 nitrogen and oxygen atoms in total. The van der Waals surface area contributed by atoms with Crippen molar-refractivity contribution in [1.82, 2.24) is 15.5 Å². The maximum absolute atomic E-state index is 13.2. The number of rotatable bonds is 10. The van der Waals surface area contributed by atoms with Gasteiger partial charge in [-0.05, 0) is 53.4 Å². The van der Waals surface area contributed by atoms with Crippen LogP contribution in [0, 0.1) is 5.92 Å². The fourth-order valence-corrected chi connectivity index (χ4v) is 4.30. The summed E-state index contributed by atoms with van der Waals surface area (Å²) in [4.78, 5) is 13.2. The second-order valence-corrected chi connectivity index (χ2v) is 8.88. The Labute approximate surface area is 216 Å². The predicted molar refractivity (Wildman–Crippen MR) is 142 cm³/mol. The summed E-state index contributed by atoms with van der Waals surface area (Å²) in [7, 11) is 1.63. The van der Waals surface area contributed by atoms with Gasteiger partial charge in [-0.3, -0.25) is 9.89 Å². The Bertz CT molecular complexity index is 1330. The molecule has 1 aromatic heterocycles. The SMILES string of the molecule is COc1ccc2c(c1)CC(C(=O)Nc1ccc(-c3cn[nH]c3)cc1OCCNCc1ccccc1)CO2. The Kier molecular flexibility index (Phi) is 7.66.